The first kappa shape index (κ1) is 26.2. The summed E-state index contributed by atoms with van der Waals surface area (Å²) in [6, 6.07) is 9.67. The monoisotopic (exact) mass is 494 g/mol. The molecule has 0 bridgehead atoms. The molecule has 7 nitrogen and oxygen atoms in total. The first-order chi connectivity index (χ1) is 17.6. The third-order valence-corrected chi connectivity index (χ3v) is 7.80. The van der Waals surface area contributed by atoms with Crippen molar-refractivity contribution in [2.75, 3.05) is 19.6 Å². The molecular weight excluding hydrogens is 452 g/mol. The van der Waals surface area contributed by atoms with Gasteiger partial charge in [-0.05, 0) is 63.6 Å². The summed E-state index contributed by atoms with van der Waals surface area (Å²) in [6.45, 7) is 4.28. The number of hydrogen-bond acceptors (Lipinski definition) is 4. The van der Waals surface area contributed by atoms with Crippen LogP contribution in [0.3, 0.4) is 0 Å². The largest absolute Gasteiger partial charge is 0.487 e. The fourth-order valence-corrected chi connectivity index (χ4v) is 5.67. The fourth-order valence-electron chi connectivity index (χ4n) is 5.67. The van der Waals surface area contributed by atoms with Crippen LogP contribution in [0, 0.1) is 0 Å². The molecule has 2 aliphatic rings. The minimum Gasteiger partial charge on any atom is -0.487 e. The SMILES string of the molecule is CCN1CCCCCCCN(C(=O)CCc2ccnn2C)[C@@H]2CCCC[C@@H]2Oc2ccccc2C1=O. The molecule has 0 N–H and O–H groups in total. The molecule has 196 valence electrons. The van der Waals surface area contributed by atoms with Crippen molar-refractivity contribution in [3.8, 4) is 5.75 Å². The first-order valence-electron chi connectivity index (χ1n) is 13.9. The van der Waals surface area contributed by atoms with Crippen LogP contribution in [0.15, 0.2) is 36.5 Å². The van der Waals surface area contributed by atoms with E-state index in [9.17, 15) is 9.59 Å². The summed E-state index contributed by atoms with van der Waals surface area (Å²) in [5, 5.41) is 4.25. The second kappa shape index (κ2) is 12.9. The van der Waals surface area contributed by atoms with Gasteiger partial charge in [-0.15, -0.1) is 0 Å². The van der Waals surface area contributed by atoms with Gasteiger partial charge in [0, 0.05) is 45.0 Å². The van der Waals surface area contributed by atoms with Crippen LogP contribution in [0.1, 0.15) is 87.2 Å². The summed E-state index contributed by atoms with van der Waals surface area (Å²) >= 11 is 0. The van der Waals surface area contributed by atoms with Gasteiger partial charge in [-0.25, -0.2) is 0 Å². The standard InChI is InChI=1S/C29H42N4O3/c1-3-32-21-11-5-4-6-12-22-33(28(34)18-17-23-19-20-30-31(23)2)25-14-8-10-16-27(25)36-26-15-9-7-13-24(26)29(32)35/h7,9,13,15,19-20,25,27H,3-6,8,10-12,14,16-18,21-22H2,1-2H3/t25-,27+/m1/s1. The number of carbonyl (C=O) groups excluding carboxylic acids is 2. The third-order valence-electron chi connectivity index (χ3n) is 7.80. The Morgan fingerprint density at radius 3 is 2.53 bits per heavy atom. The Labute approximate surface area is 215 Å². The second-order valence-corrected chi connectivity index (χ2v) is 10.2. The van der Waals surface area contributed by atoms with E-state index in [0.717, 1.165) is 76.6 Å². The summed E-state index contributed by atoms with van der Waals surface area (Å²) < 4.78 is 8.48. The summed E-state index contributed by atoms with van der Waals surface area (Å²) in [7, 11) is 1.92. The molecule has 0 radical (unpaired) electrons. The smallest absolute Gasteiger partial charge is 0.257 e. The summed E-state index contributed by atoms with van der Waals surface area (Å²) in [5.74, 6) is 0.886. The molecule has 1 aromatic carbocycles. The highest BCUT2D eigenvalue weighted by atomic mass is 16.5. The lowest BCUT2D eigenvalue weighted by Gasteiger charge is -2.40. The number of nitrogens with zero attached hydrogens (tertiary/aromatic N) is 4. The molecule has 1 saturated carbocycles. The number of aryl methyl sites for hydroxylation is 2. The van der Waals surface area contributed by atoms with Crippen molar-refractivity contribution in [3.05, 3.63) is 47.8 Å². The Hall–Kier alpha value is -2.83. The molecule has 4 rings (SSSR count). The molecule has 2 amide bonds. The third kappa shape index (κ3) is 6.48. The maximum absolute atomic E-state index is 13.6. The van der Waals surface area contributed by atoms with Crippen molar-refractivity contribution in [3.63, 3.8) is 0 Å². The molecule has 0 unspecified atom stereocenters. The summed E-state index contributed by atoms with van der Waals surface area (Å²) in [5.41, 5.74) is 1.71. The molecule has 1 fully saturated rings. The predicted octanol–water partition coefficient (Wildman–Crippen LogP) is 5.00. The summed E-state index contributed by atoms with van der Waals surface area (Å²) in [6.07, 6.45) is 12.2. The Kier molecular flexibility index (Phi) is 9.42. The molecular formula is C29H42N4O3. The number of ether oxygens (including phenoxy) is 1. The topological polar surface area (TPSA) is 67.7 Å². The van der Waals surface area contributed by atoms with E-state index >= 15 is 0 Å². The average Bonchev–Trinajstić information content (AvgIpc) is 3.31. The Balaban J connectivity index is 1.58. The fraction of sp³-hybridized carbons (Fsp3) is 0.621. The van der Waals surface area contributed by atoms with Gasteiger partial charge in [-0.3, -0.25) is 14.3 Å². The zero-order valence-corrected chi connectivity index (χ0v) is 22.0. The second-order valence-electron chi connectivity index (χ2n) is 10.2. The Morgan fingerprint density at radius 2 is 1.75 bits per heavy atom. The van der Waals surface area contributed by atoms with E-state index in [1.165, 1.54) is 0 Å². The maximum Gasteiger partial charge on any atom is 0.257 e. The van der Waals surface area contributed by atoms with E-state index in [2.05, 4.69) is 10.00 Å². The molecule has 2 atom stereocenters. The highest BCUT2D eigenvalue weighted by Gasteiger charge is 2.35. The molecule has 2 heterocycles. The van der Waals surface area contributed by atoms with Crippen LogP contribution in [0.25, 0.3) is 0 Å². The molecule has 2 aromatic rings. The first-order valence-corrected chi connectivity index (χ1v) is 13.9. The lowest BCUT2D eigenvalue weighted by Crippen LogP contribution is -2.51. The van der Waals surface area contributed by atoms with Gasteiger partial charge in [0.15, 0.2) is 0 Å². The van der Waals surface area contributed by atoms with Crippen LogP contribution in [0.5, 0.6) is 5.75 Å². The highest BCUT2D eigenvalue weighted by molar-refractivity contribution is 5.97. The van der Waals surface area contributed by atoms with Crippen molar-refractivity contribution < 1.29 is 14.3 Å². The number of para-hydroxylation sites is 1. The van der Waals surface area contributed by atoms with Crippen LogP contribution in [-0.4, -0.2) is 63.2 Å². The van der Waals surface area contributed by atoms with Crippen molar-refractivity contribution in [1.82, 2.24) is 19.6 Å². The molecule has 0 spiro atoms. The van der Waals surface area contributed by atoms with Gasteiger partial charge >= 0.3 is 0 Å². The Morgan fingerprint density at radius 1 is 1.00 bits per heavy atom. The molecule has 36 heavy (non-hydrogen) atoms. The van der Waals surface area contributed by atoms with Gasteiger partial charge in [0.2, 0.25) is 5.91 Å². The average molecular weight is 495 g/mol. The van der Waals surface area contributed by atoms with Gasteiger partial charge in [0.1, 0.15) is 11.9 Å². The van der Waals surface area contributed by atoms with Gasteiger partial charge < -0.3 is 14.5 Å². The number of carbonyl (C=O) groups is 2. The van der Waals surface area contributed by atoms with Crippen LogP contribution in [0.2, 0.25) is 0 Å². The molecule has 1 aliphatic carbocycles. The Bertz CT molecular complexity index is 1000. The molecule has 7 heteroatoms. The number of fused-ring (bicyclic) bond motifs is 2. The quantitative estimate of drug-likeness (QED) is 0.600. The normalized spacial score (nSPS) is 22.1. The number of aromatic nitrogens is 2. The van der Waals surface area contributed by atoms with E-state index in [4.69, 9.17) is 4.74 Å². The van der Waals surface area contributed by atoms with Crippen molar-refractivity contribution in [2.24, 2.45) is 7.05 Å². The lowest BCUT2D eigenvalue weighted by molar-refractivity contribution is -0.136. The molecule has 1 aromatic heterocycles. The number of rotatable bonds is 4. The molecule has 0 saturated heterocycles. The van der Waals surface area contributed by atoms with E-state index in [-0.39, 0.29) is 24.0 Å². The van der Waals surface area contributed by atoms with Crippen LogP contribution >= 0.6 is 0 Å². The minimum absolute atomic E-state index is 0.0355. The van der Waals surface area contributed by atoms with Gasteiger partial charge in [0.05, 0.1) is 11.6 Å². The lowest BCUT2D eigenvalue weighted by atomic mass is 9.90. The number of amides is 2. The number of benzene rings is 1. The van der Waals surface area contributed by atoms with E-state index in [1.807, 2.05) is 53.9 Å². The van der Waals surface area contributed by atoms with Crippen LogP contribution in [-0.2, 0) is 18.3 Å². The predicted molar refractivity (Wildman–Crippen MR) is 141 cm³/mol. The van der Waals surface area contributed by atoms with Gasteiger partial charge in [0.25, 0.3) is 5.91 Å². The van der Waals surface area contributed by atoms with Crippen molar-refractivity contribution >= 4 is 11.8 Å². The van der Waals surface area contributed by atoms with E-state index in [1.54, 1.807) is 6.20 Å². The summed E-state index contributed by atoms with van der Waals surface area (Å²) in [4.78, 5) is 31.1. The van der Waals surface area contributed by atoms with Crippen LogP contribution in [0.4, 0.5) is 0 Å². The van der Waals surface area contributed by atoms with Crippen molar-refractivity contribution in [2.45, 2.75) is 89.7 Å². The van der Waals surface area contributed by atoms with Gasteiger partial charge in [-0.2, -0.15) is 5.10 Å². The highest BCUT2D eigenvalue weighted by Crippen LogP contribution is 2.31. The molecule has 1 aliphatic heterocycles. The maximum atomic E-state index is 13.6. The van der Waals surface area contributed by atoms with Crippen LogP contribution < -0.4 is 4.74 Å². The van der Waals surface area contributed by atoms with E-state index < -0.39 is 0 Å². The van der Waals surface area contributed by atoms with Crippen molar-refractivity contribution in [1.29, 1.82) is 0 Å². The number of hydrogen-bond donors (Lipinski definition) is 0. The zero-order chi connectivity index (χ0) is 25.3. The van der Waals surface area contributed by atoms with Gasteiger partial charge in [-0.1, -0.05) is 37.8 Å². The minimum atomic E-state index is -0.103. The zero-order valence-electron chi connectivity index (χ0n) is 22.0. The van der Waals surface area contributed by atoms with E-state index in [0.29, 0.717) is 30.7 Å².